The molecule has 0 aliphatic heterocycles. The number of hydrogen-bond donors (Lipinski definition) is 0. The van der Waals surface area contributed by atoms with Gasteiger partial charge in [0.15, 0.2) is 0 Å². The van der Waals surface area contributed by atoms with Crippen molar-refractivity contribution in [1.29, 1.82) is 0 Å². The Morgan fingerprint density at radius 3 is 2.39 bits per heavy atom. The van der Waals surface area contributed by atoms with Crippen molar-refractivity contribution < 1.29 is 4.79 Å². The fourth-order valence-corrected chi connectivity index (χ4v) is 3.05. The minimum absolute atomic E-state index is 0.744. The number of carbonyl (C=O) groups excluding carboxylic acids is 1. The molecule has 0 radical (unpaired) electrons. The van der Waals surface area contributed by atoms with E-state index in [0.29, 0.717) is 0 Å². The average molecular weight is 238 g/mol. The minimum Gasteiger partial charge on any atom is -0.298 e. The molecule has 1 fully saturated rings. The maximum absolute atomic E-state index is 10.8. The summed E-state index contributed by atoms with van der Waals surface area (Å²) in [5.74, 6) is 0.744. The van der Waals surface area contributed by atoms with Gasteiger partial charge in [0.05, 0.1) is 0 Å². The van der Waals surface area contributed by atoms with Crippen LogP contribution in [0, 0.1) is 0 Å². The molecule has 1 heteroatoms. The van der Waals surface area contributed by atoms with E-state index in [1.807, 2.05) is 12.1 Å². The van der Waals surface area contributed by atoms with Crippen molar-refractivity contribution in [2.24, 2.45) is 0 Å². The van der Waals surface area contributed by atoms with Crippen LogP contribution < -0.4 is 0 Å². The van der Waals surface area contributed by atoms with E-state index in [-0.39, 0.29) is 0 Å². The first-order chi connectivity index (χ1) is 8.86. The summed E-state index contributed by atoms with van der Waals surface area (Å²) >= 11 is 0. The summed E-state index contributed by atoms with van der Waals surface area (Å²) in [4.78, 5) is 10.8. The van der Waals surface area contributed by atoms with Gasteiger partial charge in [-0.3, -0.25) is 4.79 Å². The highest BCUT2D eigenvalue weighted by molar-refractivity contribution is 5.89. The van der Waals surface area contributed by atoms with Crippen LogP contribution in [0.15, 0.2) is 36.4 Å². The molecule has 1 aliphatic carbocycles. The molecule has 0 N–H and O–H groups in total. The van der Waals surface area contributed by atoms with Crippen molar-refractivity contribution in [3.8, 4) is 0 Å². The molecule has 0 bridgehead atoms. The average Bonchev–Trinajstić information content (AvgIpc) is 2.47. The summed E-state index contributed by atoms with van der Waals surface area (Å²) in [6.45, 7) is 0. The Balaban J connectivity index is 1.97. The van der Waals surface area contributed by atoms with Crippen molar-refractivity contribution in [3.05, 3.63) is 47.5 Å². The fourth-order valence-electron chi connectivity index (χ4n) is 3.05. The third-order valence-corrected chi connectivity index (χ3v) is 4.10. The van der Waals surface area contributed by atoms with E-state index in [0.717, 1.165) is 17.8 Å². The van der Waals surface area contributed by atoms with Crippen molar-refractivity contribution in [2.75, 3.05) is 0 Å². The molecule has 0 unspecified atom stereocenters. The first-order valence-corrected chi connectivity index (χ1v) is 6.86. The molecule has 92 valence electrons. The van der Waals surface area contributed by atoms with Gasteiger partial charge >= 0.3 is 0 Å². The van der Waals surface area contributed by atoms with E-state index in [9.17, 15) is 4.79 Å². The van der Waals surface area contributed by atoms with Gasteiger partial charge in [0.1, 0.15) is 6.29 Å². The topological polar surface area (TPSA) is 17.1 Å². The Bertz CT molecular complexity index is 565. The second-order valence-electron chi connectivity index (χ2n) is 5.32. The van der Waals surface area contributed by atoms with Crippen LogP contribution in [0.4, 0.5) is 0 Å². The molecule has 0 aromatic heterocycles. The zero-order chi connectivity index (χ0) is 12.4. The van der Waals surface area contributed by atoms with Gasteiger partial charge in [0, 0.05) is 5.56 Å². The number of aldehydes is 1. The first kappa shape index (κ1) is 11.5. The summed E-state index contributed by atoms with van der Waals surface area (Å²) in [5, 5.41) is 2.42. The molecule has 2 aromatic rings. The number of fused-ring (bicyclic) bond motifs is 1. The summed E-state index contributed by atoms with van der Waals surface area (Å²) in [7, 11) is 0. The largest absolute Gasteiger partial charge is 0.298 e. The van der Waals surface area contributed by atoms with Crippen LogP contribution in [0.25, 0.3) is 10.8 Å². The Kier molecular flexibility index (Phi) is 3.14. The molecular formula is C17H18O. The Labute approximate surface area is 108 Å². The predicted molar refractivity (Wildman–Crippen MR) is 75.2 cm³/mol. The molecule has 1 aliphatic rings. The molecule has 1 saturated carbocycles. The van der Waals surface area contributed by atoms with E-state index < -0.39 is 0 Å². The van der Waals surface area contributed by atoms with E-state index in [2.05, 4.69) is 24.3 Å². The van der Waals surface area contributed by atoms with Crippen LogP contribution in [0.2, 0.25) is 0 Å². The number of benzene rings is 2. The first-order valence-electron chi connectivity index (χ1n) is 6.86. The Hall–Kier alpha value is -1.63. The van der Waals surface area contributed by atoms with Crippen molar-refractivity contribution >= 4 is 17.1 Å². The van der Waals surface area contributed by atoms with Crippen molar-refractivity contribution in [2.45, 2.75) is 38.0 Å². The molecule has 2 aromatic carbocycles. The monoisotopic (exact) mass is 238 g/mol. The lowest BCUT2D eigenvalue weighted by Gasteiger charge is -2.22. The van der Waals surface area contributed by atoms with Crippen LogP contribution in [-0.4, -0.2) is 6.29 Å². The number of carbonyl (C=O) groups is 1. The van der Waals surface area contributed by atoms with Crippen LogP contribution in [0.3, 0.4) is 0 Å². The van der Waals surface area contributed by atoms with Gasteiger partial charge in [-0.25, -0.2) is 0 Å². The third-order valence-electron chi connectivity index (χ3n) is 4.10. The minimum atomic E-state index is 0.744. The molecule has 0 spiro atoms. The van der Waals surface area contributed by atoms with Crippen molar-refractivity contribution in [1.82, 2.24) is 0 Å². The van der Waals surface area contributed by atoms with Gasteiger partial charge in [-0.2, -0.15) is 0 Å². The lowest BCUT2D eigenvalue weighted by Crippen LogP contribution is -2.04. The van der Waals surface area contributed by atoms with Crippen LogP contribution in [-0.2, 0) is 0 Å². The van der Waals surface area contributed by atoms with Gasteiger partial charge in [-0.05, 0) is 41.2 Å². The number of rotatable bonds is 2. The molecule has 18 heavy (non-hydrogen) atoms. The molecule has 0 atom stereocenters. The predicted octanol–water partition coefficient (Wildman–Crippen LogP) is 4.70. The van der Waals surface area contributed by atoms with E-state index >= 15 is 0 Å². The zero-order valence-corrected chi connectivity index (χ0v) is 10.6. The Morgan fingerprint density at radius 1 is 0.889 bits per heavy atom. The fraction of sp³-hybridized carbons (Fsp3) is 0.353. The van der Waals surface area contributed by atoms with Crippen LogP contribution >= 0.6 is 0 Å². The van der Waals surface area contributed by atoms with Crippen LogP contribution in [0.5, 0.6) is 0 Å². The number of hydrogen-bond acceptors (Lipinski definition) is 1. The molecule has 0 heterocycles. The molecule has 1 nitrogen and oxygen atoms in total. The smallest absolute Gasteiger partial charge is 0.150 e. The molecular weight excluding hydrogens is 220 g/mol. The summed E-state index contributed by atoms with van der Waals surface area (Å²) in [6, 6.07) is 12.6. The van der Waals surface area contributed by atoms with Gasteiger partial charge in [-0.1, -0.05) is 49.6 Å². The van der Waals surface area contributed by atoms with E-state index in [1.54, 1.807) is 0 Å². The zero-order valence-electron chi connectivity index (χ0n) is 10.6. The summed E-state index contributed by atoms with van der Waals surface area (Å²) in [6.07, 6.45) is 7.71. The summed E-state index contributed by atoms with van der Waals surface area (Å²) < 4.78 is 0. The van der Waals surface area contributed by atoms with E-state index in [4.69, 9.17) is 0 Å². The second-order valence-corrected chi connectivity index (χ2v) is 5.32. The van der Waals surface area contributed by atoms with Crippen LogP contribution in [0.1, 0.15) is 53.9 Å². The van der Waals surface area contributed by atoms with E-state index in [1.165, 1.54) is 48.4 Å². The van der Waals surface area contributed by atoms with Gasteiger partial charge < -0.3 is 0 Å². The second kappa shape index (κ2) is 4.93. The third kappa shape index (κ3) is 2.17. The highest BCUT2D eigenvalue weighted by Crippen LogP contribution is 2.33. The maximum atomic E-state index is 10.8. The molecule has 0 amide bonds. The standard InChI is InChI=1S/C17H18O/c18-12-13-6-7-17-11-16(9-8-15(17)10-13)14-4-2-1-3-5-14/h6-12,14H,1-5H2. The maximum Gasteiger partial charge on any atom is 0.150 e. The quantitative estimate of drug-likeness (QED) is 0.693. The lowest BCUT2D eigenvalue weighted by atomic mass is 9.83. The lowest BCUT2D eigenvalue weighted by molar-refractivity contribution is 0.112. The van der Waals surface area contributed by atoms with Crippen molar-refractivity contribution in [3.63, 3.8) is 0 Å². The van der Waals surface area contributed by atoms with Gasteiger partial charge in [0.25, 0.3) is 0 Å². The highest BCUT2D eigenvalue weighted by atomic mass is 16.1. The summed E-state index contributed by atoms with van der Waals surface area (Å²) in [5.41, 5.74) is 2.23. The van der Waals surface area contributed by atoms with Gasteiger partial charge in [0.2, 0.25) is 0 Å². The highest BCUT2D eigenvalue weighted by Gasteiger charge is 2.15. The normalized spacial score (nSPS) is 16.9. The SMILES string of the molecule is O=Cc1ccc2cc(C3CCCCC3)ccc2c1. The molecule has 0 saturated heterocycles. The van der Waals surface area contributed by atoms with Gasteiger partial charge in [-0.15, -0.1) is 0 Å². The Morgan fingerprint density at radius 2 is 1.61 bits per heavy atom. The molecule has 3 rings (SSSR count).